The molecule has 104 valence electrons. The van der Waals surface area contributed by atoms with Crippen LogP contribution in [0.2, 0.25) is 0 Å². The second-order valence-electron chi connectivity index (χ2n) is 4.49. The van der Waals surface area contributed by atoms with E-state index in [4.69, 9.17) is 4.74 Å². The molecule has 1 saturated carbocycles. The highest BCUT2D eigenvalue weighted by Gasteiger charge is 2.27. The maximum Gasteiger partial charge on any atom is 0.307 e. The summed E-state index contributed by atoms with van der Waals surface area (Å²) in [5.74, 6) is -0.441. The zero-order valence-corrected chi connectivity index (χ0v) is 12.4. The van der Waals surface area contributed by atoms with E-state index in [-0.39, 0.29) is 18.3 Å². The fourth-order valence-corrected chi connectivity index (χ4v) is 2.32. The van der Waals surface area contributed by atoms with E-state index in [0.29, 0.717) is 24.9 Å². The second kappa shape index (κ2) is 6.23. The van der Waals surface area contributed by atoms with Crippen molar-refractivity contribution in [3.8, 4) is 0 Å². The van der Waals surface area contributed by atoms with Crippen molar-refractivity contribution < 1.29 is 14.3 Å². The molecular weight excluding hydrogens is 312 g/mol. The van der Waals surface area contributed by atoms with Crippen molar-refractivity contribution >= 4 is 27.8 Å². The van der Waals surface area contributed by atoms with Crippen LogP contribution in [0.25, 0.3) is 0 Å². The first kappa shape index (κ1) is 14.1. The van der Waals surface area contributed by atoms with E-state index >= 15 is 0 Å². The predicted molar refractivity (Wildman–Crippen MR) is 74.0 cm³/mol. The maximum atomic E-state index is 12.0. The van der Waals surface area contributed by atoms with Crippen molar-refractivity contribution in [2.75, 3.05) is 13.2 Å². The molecule has 0 atom stereocenters. The Labute approximate surface area is 120 Å². The van der Waals surface area contributed by atoms with Crippen molar-refractivity contribution in [1.29, 1.82) is 0 Å². The molecule has 5 nitrogen and oxygen atoms in total. The fraction of sp³-hybridized carbons (Fsp3) is 0.538. The lowest BCUT2D eigenvalue weighted by molar-refractivity contribution is -0.142. The maximum absolute atomic E-state index is 12.0. The number of aromatic nitrogens is 1. The number of rotatable bonds is 6. The van der Waals surface area contributed by atoms with E-state index in [1.165, 1.54) is 0 Å². The largest absolute Gasteiger partial charge is 0.466 e. The van der Waals surface area contributed by atoms with Crippen LogP contribution in [0.4, 0.5) is 0 Å². The molecule has 1 heterocycles. The first-order valence-electron chi connectivity index (χ1n) is 6.43. The van der Waals surface area contributed by atoms with E-state index in [9.17, 15) is 9.59 Å². The number of carbonyl (C=O) groups is 2. The van der Waals surface area contributed by atoms with Gasteiger partial charge in [0, 0.05) is 23.3 Å². The molecule has 0 radical (unpaired) electrons. The van der Waals surface area contributed by atoms with E-state index in [0.717, 1.165) is 17.3 Å². The molecule has 1 N–H and O–H groups in total. The van der Waals surface area contributed by atoms with E-state index in [2.05, 4.69) is 21.2 Å². The van der Waals surface area contributed by atoms with Crippen molar-refractivity contribution in [1.82, 2.24) is 9.88 Å². The first-order valence-corrected chi connectivity index (χ1v) is 7.22. The number of hydrogen-bond acceptors (Lipinski definition) is 3. The van der Waals surface area contributed by atoms with E-state index < -0.39 is 0 Å². The molecule has 1 fully saturated rings. The monoisotopic (exact) mass is 328 g/mol. The molecule has 1 amide bonds. The van der Waals surface area contributed by atoms with Crippen molar-refractivity contribution in [2.45, 2.75) is 32.2 Å². The van der Waals surface area contributed by atoms with Gasteiger partial charge in [0.25, 0.3) is 5.91 Å². The van der Waals surface area contributed by atoms with Crippen LogP contribution in [0.15, 0.2) is 16.7 Å². The molecule has 0 bridgehead atoms. The van der Waals surface area contributed by atoms with E-state index in [1.54, 1.807) is 13.0 Å². The molecule has 1 aromatic rings. The Bertz CT molecular complexity index is 480. The van der Waals surface area contributed by atoms with Crippen LogP contribution >= 0.6 is 15.9 Å². The predicted octanol–water partition coefficient (Wildman–Crippen LogP) is 2.27. The smallest absolute Gasteiger partial charge is 0.307 e. The van der Waals surface area contributed by atoms with Crippen LogP contribution in [0.3, 0.4) is 0 Å². The van der Waals surface area contributed by atoms with Gasteiger partial charge in [0.15, 0.2) is 0 Å². The summed E-state index contributed by atoms with van der Waals surface area (Å²) in [7, 11) is 0. The lowest BCUT2D eigenvalue weighted by Gasteiger charge is -2.08. The third kappa shape index (κ3) is 3.83. The number of nitrogens with one attached hydrogen (secondary N) is 1. The highest BCUT2D eigenvalue weighted by atomic mass is 79.9. The molecule has 0 aliphatic heterocycles. The number of nitrogens with zero attached hydrogens (tertiary/aromatic N) is 1. The Kier molecular flexibility index (Phi) is 4.63. The molecule has 0 unspecified atom stereocenters. The summed E-state index contributed by atoms with van der Waals surface area (Å²) in [5, 5.41) is 2.74. The quantitative estimate of drug-likeness (QED) is 0.815. The summed E-state index contributed by atoms with van der Waals surface area (Å²) in [6, 6.07) is 2.25. The lowest BCUT2D eigenvalue weighted by atomic mass is 10.3. The van der Waals surface area contributed by atoms with Gasteiger partial charge in [0.1, 0.15) is 5.69 Å². The summed E-state index contributed by atoms with van der Waals surface area (Å²) in [5.41, 5.74) is 0.637. The number of halogens is 1. The fourth-order valence-electron chi connectivity index (χ4n) is 1.88. The highest BCUT2D eigenvalue weighted by Crippen LogP contribution is 2.37. The van der Waals surface area contributed by atoms with Gasteiger partial charge in [-0.05, 0) is 41.8 Å². The van der Waals surface area contributed by atoms with Crippen molar-refractivity contribution in [3.63, 3.8) is 0 Å². The summed E-state index contributed by atoms with van der Waals surface area (Å²) < 4.78 is 7.69. The van der Waals surface area contributed by atoms with Gasteiger partial charge in [-0.3, -0.25) is 9.59 Å². The average molecular weight is 329 g/mol. The molecule has 19 heavy (non-hydrogen) atoms. The SMILES string of the molecule is CCOC(=O)CCNC(=O)c1cc(Br)cn1C1CC1. The Balaban J connectivity index is 1.87. The van der Waals surface area contributed by atoms with Gasteiger partial charge in [-0.2, -0.15) is 0 Å². The van der Waals surface area contributed by atoms with E-state index in [1.807, 2.05) is 10.8 Å². The highest BCUT2D eigenvalue weighted by molar-refractivity contribution is 9.10. The van der Waals surface area contributed by atoms with Gasteiger partial charge < -0.3 is 14.6 Å². The summed E-state index contributed by atoms with van der Waals surface area (Å²) in [6.07, 6.45) is 4.36. The number of amides is 1. The molecular formula is C13H17BrN2O3. The average Bonchev–Trinajstić information content (AvgIpc) is 3.12. The Hall–Kier alpha value is -1.30. The first-order chi connectivity index (χ1) is 9.11. The Morgan fingerprint density at radius 3 is 2.89 bits per heavy atom. The minimum absolute atomic E-state index is 0.151. The molecule has 0 aromatic carbocycles. The van der Waals surface area contributed by atoms with Crippen molar-refractivity contribution in [2.24, 2.45) is 0 Å². The van der Waals surface area contributed by atoms with Crippen LogP contribution in [-0.4, -0.2) is 29.6 Å². The number of carbonyl (C=O) groups excluding carboxylic acids is 2. The molecule has 1 aliphatic rings. The van der Waals surface area contributed by atoms with Crippen LogP contribution in [0.1, 0.15) is 42.7 Å². The number of esters is 1. The third-order valence-electron chi connectivity index (χ3n) is 2.91. The van der Waals surface area contributed by atoms with Gasteiger partial charge >= 0.3 is 5.97 Å². The lowest BCUT2D eigenvalue weighted by Crippen LogP contribution is -2.28. The molecule has 1 aromatic heterocycles. The molecule has 0 spiro atoms. The van der Waals surface area contributed by atoms with Gasteiger partial charge in [-0.1, -0.05) is 0 Å². The van der Waals surface area contributed by atoms with Crippen LogP contribution in [0, 0.1) is 0 Å². The van der Waals surface area contributed by atoms with Gasteiger partial charge in [0.2, 0.25) is 0 Å². The molecule has 6 heteroatoms. The molecule has 2 rings (SSSR count). The van der Waals surface area contributed by atoms with Gasteiger partial charge in [-0.15, -0.1) is 0 Å². The van der Waals surface area contributed by atoms with Crippen LogP contribution in [-0.2, 0) is 9.53 Å². The van der Waals surface area contributed by atoms with Crippen molar-refractivity contribution in [3.05, 3.63) is 22.4 Å². The topological polar surface area (TPSA) is 60.3 Å². The Morgan fingerprint density at radius 2 is 2.26 bits per heavy atom. The zero-order chi connectivity index (χ0) is 13.8. The molecule has 1 aliphatic carbocycles. The normalized spacial score (nSPS) is 14.2. The number of ether oxygens (including phenoxy) is 1. The zero-order valence-electron chi connectivity index (χ0n) is 10.8. The second-order valence-corrected chi connectivity index (χ2v) is 5.41. The van der Waals surface area contributed by atoms with Crippen LogP contribution in [0.5, 0.6) is 0 Å². The minimum Gasteiger partial charge on any atom is -0.466 e. The van der Waals surface area contributed by atoms with Gasteiger partial charge in [0.05, 0.1) is 13.0 Å². The molecule has 0 saturated heterocycles. The number of hydrogen-bond donors (Lipinski definition) is 1. The van der Waals surface area contributed by atoms with Gasteiger partial charge in [-0.25, -0.2) is 0 Å². The third-order valence-corrected chi connectivity index (χ3v) is 3.34. The Morgan fingerprint density at radius 1 is 1.53 bits per heavy atom. The minimum atomic E-state index is -0.290. The standard InChI is InChI=1S/C13H17BrN2O3/c1-2-19-12(17)5-6-15-13(18)11-7-9(14)8-16(11)10-3-4-10/h7-8,10H,2-6H2,1H3,(H,15,18). The van der Waals surface area contributed by atoms with Crippen LogP contribution < -0.4 is 5.32 Å². The summed E-state index contributed by atoms with van der Waals surface area (Å²) >= 11 is 3.38. The summed E-state index contributed by atoms with van der Waals surface area (Å²) in [4.78, 5) is 23.2. The summed E-state index contributed by atoms with van der Waals surface area (Å²) in [6.45, 7) is 2.42.